The molecule has 0 amide bonds. The van der Waals surface area contributed by atoms with Crippen molar-refractivity contribution in [1.82, 2.24) is 0 Å². The van der Waals surface area contributed by atoms with E-state index in [9.17, 15) is 5.11 Å². The number of hydrogen-bond acceptors (Lipinski definition) is 3. The van der Waals surface area contributed by atoms with E-state index in [1.165, 1.54) is 0 Å². The maximum atomic E-state index is 10.6. The molecule has 1 rings (SSSR count). The van der Waals surface area contributed by atoms with Gasteiger partial charge in [-0.2, -0.15) is 0 Å². The predicted molar refractivity (Wildman–Crippen MR) is 85.5 cm³/mol. The summed E-state index contributed by atoms with van der Waals surface area (Å²) in [6.45, 7) is 5.83. The highest BCUT2D eigenvalue weighted by molar-refractivity contribution is 5.32. The first-order valence-electron chi connectivity index (χ1n) is 7.23. The molecule has 2 atom stereocenters. The molecule has 0 saturated carbocycles. The van der Waals surface area contributed by atoms with Gasteiger partial charge in [-0.3, -0.25) is 0 Å². The number of aliphatic hydroxyl groups is 1. The lowest BCUT2D eigenvalue weighted by Gasteiger charge is -2.30. The topological polar surface area (TPSA) is 38.7 Å². The van der Waals surface area contributed by atoms with E-state index in [1.807, 2.05) is 0 Å². The molecule has 0 unspecified atom stereocenters. The second-order valence-corrected chi connectivity index (χ2v) is 4.98. The zero-order valence-electron chi connectivity index (χ0n) is 12.8. The summed E-state index contributed by atoms with van der Waals surface area (Å²) in [4.78, 5) is 0. The van der Waals surface area contributed by atoms with Gasteiger partial charge in [-0.05, 0) is 43.2 Å². The van der Waals surface area contributed by atoms with Gasteiger partial charge in [-0.15, -0.1) is 6.42 Å². The summed E-state index contributed by atoms with van der Waals surface area (Å²) in [6, 6.07) is 7.14. The van der Waals surface area contributed by atoms with Gasteiger partial charge >= 0.3 is 0 Å². The Balaban J connectivity index is 2.79. The molecule has 3 nitrogen and oxygen atoms in total. The number of hydrogen-bond donors (Lipinski definition) is 1. The van der Waals surface area contributed by atoms with Gasteiger partial charge in [0.2, 0.25) is 0 Å². The number of ether oxygens (including phenoxy) is 2. The normalized spacial score (nSPS) is 14.6. The van der Waals surface area contributed by atoms with Gasteiger partial charge in [-0.25, -0.2) is 0 Å². The lowest BCUT2D eigenvalue weighted by Crippen LogP contribution is -2.43. The van der Waals surface area contributed by atoms with Crippen LogP contribution in [0.4, 0.5) is 0 Å². The standard InChI is InChI=1S/C18H24O3/c1-5-8-9-14-18(19,7-3)17(6-2)21-16-12-10-15(20-4)11-13-16/h3,6,10-13,17,19H,2,5,8-9,14H2,1,4H3/t17-,18-/m0/s1. The average molecular weight is 288 g/mol. The Labute approximate surface area is 127 Å². The minimum absolute atomic E-state index is 0.490. The van der Waals surface area contributed by atoms with E-state index in [4.69, 9.17) is 15.9 Å². The third kappa shape index (κ3) is 4.84. The third-order valence-electron chi connectivity index (χ3n) is 3.42. The van der Waals surface area contributed by atoms with Crippen LogP contribution in [0.2, 0.25) is 0 Å². The molecule has 0 aliphatic carbocycles. The second kappa shape index (κ2) is 8.39. The molecule has 1 aromatic carbocycles. The molecule has 0 bridgehead atoms. The van der Waals surface area contributed by atoms with E-state index in [1.54, 1.807) is 37.5 Å². The Morgan fingerprint density at radius 1 is 1.33 bits per heavy atom. The van der Waals surface area contributed by atoms with Crippen LogP contribution in [0.1, 0.15) is 32.6 Å². The molecular weight excluding hydrogens is 264 g/mol. The zero-order valence-corrected chi connectivity index (χ0v) is 12.8. The van der Waals surface area contributed by atoms with Crippen molar-refractivity contribution < 1.29 is 14.6 Å². The van der Waals surface area contributed by atoms with Crippen LogP contribution in [0.5, 0.6) is 11.5 Å². The Kier molecular flexibility index (Phi) is 6.84. The number of benzene rings is 1. The molecule has 0 fully saturated rings. The van der Waals surface area contributed by atoms with Crippen LogP contribution in [0.15, 0.2) is 36.9 Å². The van der Waals surface area contributed by atoms with E-state index < -0.39 is 11.7 Å². The molecule has 21 heavy (non-hydrogen) atoms. The van der Waals surface area contributed by atoms with Crippen molar-refractivity contribution >= 4 is 0 Å². The van der Waals surface area contributed by atoms with Crippen LogP contribution >= 0.6 is 0 Å². The molecule has 0 saturated heterocycles. The minimum Gasteiger partial charge on any atom is -0.497 e. The maximum absolute atomic E-state index is 10.6. The number of methoxy groups -OCH3 is 1. The highest BCUT2D eigenvalue weighted by Crippen LogP contribution is 2.25. The van der Waals surface area contributed by atoms with Crippen molar-refractivity contribution in [1.29, 1.82) is 0 Å². The lowest BCUT2D eigenvalue weighted by molar-refractivity contribution is -0.000776. The number of rotatable bonds is 9. The summed E-state index contributed by atoms with van der Waals surface area (Å²) in [5.41, 5.74) is -1.34. The van der Waals surface area contributed by atoms with Gasteiger partial charge in [0, 0.05) is 0 Å². The Morgan fingerprint density at radius 2 is 1.95 bits per heavy atom. The molecule has 114 valence electrons. The fourth-order valence-electron chi connectivity index (χ4n) is 2.08. The van der Waals surface area contributed by atoms with Crippen LogP contribution in [-0.2, 0) is 0 Å². The van der Waals surface area contributed by atoms with E-state index in [2.05, 4.69) is 19.4 Å². The van der Waals surface area contributed by atoms with Gasteiger partial charge < -0.3 is 14.6 Å². The zero-order chi connectivity index (χ0) is 15.7. The van der Waals surface area contributed by atoms with E-state index in [0.29, 0.717) is 12.2 Å². The first-order chi connectivity index (χ1) is 10.1. The van der Waals surface area contributed by atoms with E-state index in [0.717, 1.165) is 25.0 Å². The lowest BCUT2D eigenvalue weighted by atomic mass is 9.90. The van der Waals surface area contributed by atoms with Crippen molar-refractivity contribution in [3.05, 3.63) is 36.9 Å². The summed E-state index contributed by atoms with van der Waals surface area (Å²) < 4.78 is 10.9. The van der Waals surface area contributed by atoms with Crippen LogP contribution in [0.3, 0.4) is 0 Å². The van der Waals surface area contributed by atoms with Crippen molar-refractivity contribution in [2.45, 2.75) is 44.3 Å². The van der Waals surface area contributed by atoms with E-state index >= 15 is 0 Å². The van der Waals surface area contributed by atoms with Crippen molar-refractivity contribution in [3.63, 3.8) is 0 Å². The predicted octanol–water partition coefficient (Wildman–Crippen LogP) is 3.57. The van der Waals surface area contributed by atoms with E-state index in [-0.39, 0.29) is 0 Å². The van der Waals surface area contributed by atoms with Crippen LogP contribution in [0, 0.1) is 12.3 Å². The van der Waals surface area contributed by atoms with Crippen LogP contribution in [0.25, 0.3) is 0 Å². The highest BCUT2D eigenvalue weighted by Gasteiger charge is 2.34. The molecule has 1 aromatic rings. The quantitative estimate of drug-likeness (QED) is 0.429. The molecule has 0 aliphatic heterocycles. The maximum Gasteiger partial charge on any atom is 0.165 e. The number of terminal acetylenes is 1. The van der Waals surface area contributed by atoms with Gasteiger partial charge in [0.1, 0.15) is 11.5 Å². The Hall–Kier alpha value is -1.92. The summed E-state index contributed by atoms with van der Waals surface area (Å²) in [5.74, 6) is 3.82. The smallest absolute Gasteiger partial charge is 0.165 e. The molecule has 0 aliphatic rings. The molecular formula is C18H24O3. The highest BCUT2D eigenvalue weighted by atomic mass is 16.5. The molecule has 1 N–H and O–H groups in total. The van der Waals surface area contributed by atoms with Gasteiger partial charge in [0.05, 0.1) is 7.11 Å². The summed E-state index contributed by atoms with van der Waals surface area (Å²) in [6.07, 6.45) is 9.86. The summed E-state index contributed by atoms with van der Waals surface area (Å²) in [7, 11) is 1.60. The van der Waals surface area contributed by atoms with Crippen molar-refractivity contribution in [2.24, 2.45) is 0 Å². The SMILES string of the molecule is C#C[C@](O)(CCCCC)[C@H](C=C)Oc1ccc(OC)cc1. The first kappa shape index (κ1) is 17.1. The van der Waals surface area contributed by atoms with Gasteiger partial charge in [0.25, 0.3) is 0 Å². The summed E-state index contributed by atoms with van der Waals surface area (Å²) in [5, 5.41) is 10.6. The second-order valence-electron chi connectivity index (χ2n) is 4.98. The molecule has 3 heteroatoms. The fourth-order valence-corrected chi connectivity index (χ4v) is 2.08. The number of unbranched alkanes of at least 4 members (excludes halogenated alkanes) is 2. The first-order valence-corrected chi connectivity index (χ1v) is 7.23. The monoisotopic (exact) mass is 288 g/mol. The fraction of sp³-hybridized carbons (Fsp3) is 0.444. The molecule has 0 spiro atoms. The average Bonchev–Trinajstić information content (AvgIpc) is 2.53. The largest absolute Gasteiger partial charge is 0.497 e. The third-order valence-corrected chi connectivity index (χ3v) is 3.42. The molecule has 0 heterocycles. The summed E-state index contributed by atoms with van der Waals surface area (Å²) >= 11 is 0. The minimum atomic E-state index is -1.34. The van der Waals surface area contributed by atoms with Crippen molar-refractivity contribution in [2.75, 3.05) is 7.11 Å². The Bertz CT molecular complexity index is 472. The van der Waals surface area contributed by atoms with Gasteiger partial charge in [-0.1, -0.05) is 32.3 Å². The van der Waals surface area contributed by atoms with Crippen molar-refractivity contribution in [3.8, 4) is 23.8 Å². The van der Waals surface area contributed by atoms with Gasteiger partial charge in [0.15, 0.2) is 11.7 Å². The van der Waals surface area contributed by atoms with Crippen LogP contribution < -0.4 is 9.47 Å². The molecule has 0 radical (unpaired) electrons. The van der Waals surface area contributed by atoms with Crippen LogP contribution in [-0.4, -0.2) is 23.9 Å². The Morgan fingerprint density at radius 3 is 2.43 bits per heavy atom. The molecule has 0 aromatic heterocycles.